The molecule has 1 aromatic carbocycles. The molecule has 4 heteroatoms. The number of hydrogen-bond donors (Lipinski definition) is 1. The molecule has 0 saturated heterocycles. The van der Waals surface area contributed by atoms with Crippen molar-refractivity contribution >= 4 is 9.84 Å². The van der Waals surface area contributed by atoms with Crippen molar-refractivity contribution in [2.75, 3.05) is 5.75 Å². The molecule has 0 radical (unpaired) electrons. The Bertz CT molecular complexity index is 553. The van der Waals surface area contributed by atoms with Crippen molar-refractivity contribution in [2.24, 2.45) is 5.92 Å². The van der Waals surface area contributed by atoms with Crippen LogP contribution in [-0.4, -0.2) is 20.2 Å². The molecule has 3 rings (SSSR count). The number of hydrogen-bond acceptors (Lipinski definition) is 3. The molecule has 1 aliphatic heterocycles. The highest BCUT2D eigenvalue weighted by Crippen LogP contribution is 2.35. The Balaban J connectivity index is 1.83. The van der Waals surface area contributed by atoms with Crippen LogP contribution < -0.4 is 5.32 Å². The summed E-state index contributed by atoms with van der Waals surface area (Å²) >= 11 is 0. The van der Waals surface area contributed by atoms with Crippen LogP contribution in [0.25, 0.3) is 0 Å². The molecule has 1 N–H and O–H groups in total. The molecule has 3 nitrogen and oxygen atoms in total. The van der Waals surface area contributed by atoms with E-state index in [1.54, 1.807) is 12.1 Å². The maximum atomic E-state index is 12.1. The third-order valence-corrected chi connectivity index (χ3v) is 5.96. The Kier molecular flexibility index (Phi) is 2.94. The van der Waals surface area contributed by atoms with Gasteiger partial charge in [-0.15, -0.1) is 0 Å². The fourth-order valence-corrected chi connectivity index (χ4v) is 4.98. The van der Waals surface area contributed by atoms with Crippen molar-refractivity contribution in [1.29, 1.82) is 0 Å². The fraction of sp³-hybridized carbons (Fsp3) is 0.571. The smallest absolute Gasteiger partial charge is 0.180 e. The Morgan fingerprint density at radius 1 is 1.22 bits per heavy atom. The summed E-state index contributed by atoms with van der Waals surface area (Å²) in [5, 5.41) is 3.54. The molecule has 1 aromatic rings. The minimum atomic E-state index is -3.07. The highest BCUT2D eigenvalue weighted by Gasteiger charge is 2.36. The molecule has 18 heavy (non-hydrogen) atoms. The van der Waals surface area contributed by atoms with Gasteiger partial charge in [0.2, 0.25) is 0 Å². The zero-order valence-corrected chi connectivity index (χ0v) is 11.4. The predicted octanol–water partition coefficient (Wildman–Crippen LogP) is 2.29. The third-order valence-electron chi connectivity index (χ3n) is 4.15. The van der Waals surface area contributed by atoms with Crippen LogP contribution in [0.1, 0.15) is 37.8 Å². The second-order valence-electron chi connectivity index (χ2n) is 5.65. The second-order valence-corrected chi connectivity index (χ2v) is 7.66. The quantitative estimate of drug-likeness (QED) is 0.892. The molecule has 0 amide bonds. The van der Waals surface area contributed by atoms with E-state index in [1.165, 1.54) is 19.3 Å². The lowest BCUT2D eigenvalue weighted by atomic mass is 10.1. The molecule has 3 unspecified atom stereocenters. The lowest BCUT2D eigenvalue weighted by Crippen LogP contribution is -2.31. The molecule has 1 aliphatic carbocycles. The van der Waals surface area contributed by atoms with Gasteiger partial charge in [-0.2, -0.15) is 0 Å². The highest BCUT2D eigenvalue weighted by atomic mass is 32.2. The molecule has 1 heterocycles. The van der Waals surface area contributed by atoms with Gasteiger partial charge in [0.1, 0.15) is 0 Å². The summed E-state index contributed by atoms with van der Waals surface area (Å²) in [5.74, 6) is 0.979. The summed E-state index contributed by atoms with van der Waals surface area (Å²) in [6.45, 7) is 2.26. The zero-order chi connectivity index (χ0) is 12.8. The van der Waals surface area contributed by atoms with E-state index in [0.29, 0.717) is 10.9 Å². The topological polar surface area (TPSA) is 46.2 Å². The van der Waals surface area contributed by atoms with Crippen LogP contribution in [0.3, 0.4) is 0 Å². The summed E-state index contributed by atoms with van der Waals surface area (Å²) in [5.41, 5.74) is 0.956. The Morgan fingerprint density at radius 3 is 2.72 bits per heavy atom. The largest absolute Gasteiger partial charge is 0.306 e. The summed E-state index contributed by atoms with van der Waals surface area (Å²) < 4.78 is 24.1. The molecule has 2 aliphatic rings. The summed E-state index contributed by atoms with van der Waals surface area (Å²) in [6.07, 6.45) is 3.58. The highest BCUT2D eigenvalue weighted by molar-refractivity contribution is 7.91. The normalized spacial score (nSPS) is 33.5. The number of benzene rings is 1. The SMILES string of the molecule is CC1CCC(NC2CS(=O)(=O)c3ccccc32)C1. The van der Waals surface area contributed by atoms with Gasteiger partial charge in [0.05, 0.1) is 10.6 Å². The third kappa shape index (κ3) is 2.08. The lowest BCUT2D eigenvalue weighted by molar-refractivity contribution is 0.451. The Labute approximate surface area is 109 Å². The van der Waals surface area contributed by atoms with E-state index in [0.717, 1.165) is 11.5 Å². The summed E-state index contributed by atoms with van der Waals surface area (Å²) in [4.78, 5) is 0.522. The van der Waals surface area contributed by atoms with E-state index >= 15 is 0 Å². The van der Waals surface area contributed by atoms with Gasteiger partial charge in [-0.05, 0) is 36.8 Å². The average Bonchev–Trinajstić information content (AvgIpc) is 2.83. The fourth-order valence-electron chi connectivity index (χ4n) is 3.23. The van der Waals surface area contributed by atoms with Crippen LogP contribution in [0, 0.1) is 5.92 Å². The summed E-state index contributed by atoms with van der Waals surface area (Å²) in [7, 11) is -3.07. The first-order chi connectivity index (χ1) is 8.56. The molecule has 98 valence electrons. The van der Waals surface area contributed by atoms with E-state index in [9.17, 15) is 8.42 Å². The van der Waals surface area contributed by atoms with Crippen LogP contribution in [0.15, 0.2) is 29.2 Å². The van der Waals surface area contributed by atoms with Gasteiger partial charge in [0.25, 0.3) is 0 Å². The molecule has 0 spiro atoms. The number of nitrogens with one attached hydrogen (secondary N) is 1. The number of rotatable bonds is 2. The van der Waals surface area contributed by atoms with Crippen LogP contribution in [0.4, 0.5) is 0 Å². The van der Waals surface area contributed by atoms with Crippen molar-refractivity contribution in [3.8, 4) is 0 Å². The van der Waals surface area contributed by atoms with E-state index in [2.05, 4.69) is 12.2 Å². The molecule has 0 aromatic heterocycles. The van der Waals surface area contributed by atoms with Crippen LogP contribution in [-0.2, 0) is 9.84 Å². The second kappa shape index (κ2) is 4.35. The monoisotopic (exact) mass is 265 g/mol. The van der Waals surface area contributed by atoms with E-state index in [1.807, 2.05) is 12.1 Å². The van der Waals surface area contributed by atoms with E-state index in [4.69, 9.17) is 0 Å². The zero-order valence-electron chi connectivity index (χ0n) is 10.6. The van der Waals surface area contributed by atoms with Crippen molar-refractivity contribution in [1.82, 2.24) is 5.32 Å². The Hall–Kier alpha value is -0.870. The predicted molar refractivity (Wildman–Crippen MR) is 71.2 cm³/mol. The molecule has 1 saturated carbocycles. The maximum absolute atomic E-state index is 12.1. The van der Waals surface area contributed by atoms with Crippen LogP contribution in [0.2, 0.25) is 0 Å². The molecular weight excluding hydrogens is 246 g/mol. The number of fused-ring (bicyclic) bond motifs is 1. The first-order valence-electron chi connectivity index (χ1n) is 6.64. The molecular formula is C14H19NO2S. The van der Waals surface area contributed by atoms with Gasteiger partial charge in [-0.1, -0.05) is 25.1 Å². The standard InChI is InChI=1S/C14H19NO2S/c1-10-6-7-11(8-10)15-13-9-18(16,17)14-5-3-2-4-12(13)14/h2-5,10-11,13,15H,6-9H2,1H3. The van der Waals surface area contributed by atoms with Crippen molar-refractivity contribution in [3.05, 3.63) is 29.8 Å². The van der Waals surface area contributed by atoms with Crippen molar-refractivity contribution in [3.63, 3.8) is 0 Å². The average molecular weight is 265 g/mol. The minimum Gasteiger partial charge on any atom is -0.306 e. The number of sulfone groups is 1. The van der Waals surface area contributed by atoms with E-state index in [-0.39, 0.29) is 11.8 Å². The maximum Gasteiger partial charge on any atom is 0.180 e. The molecule has 1 fully saturated rings. The van der Waals surface area contributed by atoms with Crippen LogP contribution in [0.5, 0.6) is 0 Å². The van der Waals surface area contributed by atoms with Gasteiger partial charge in [0, 0.05) is 12.1 Å². The van der Waals surface area contributed by atoms with Gasteiger partial charge in [-0.25, -0.2) is 8.42 Å². The molecule has 0 bridgehead atoms. The van der Waals surface area contributed by atoms with Gasteiger partial charge < -0.3 is 5.32 Å². The molecule has 3 atom stereocenters. The van der Waals surface area contributed by atoms with Crippen molar-refractivity contribution in [2.45, 2.75) is 43.2 Å². The summed E-state index contributed by atoms with van der Waals surface area (Å²) in [6, 6.07) is 7.86. The minimum absolute atomic E-state index is 0.0125. The van der Waals surface area contributed by atoms with Gasteiger partial charge in [-0.3, -0.25) is 0 Å². The van der Waals surface area contributed by atoms with Crippen molar-refractivity contribution < 1.29 is 8.42 Å². The first kappa shape index (κ1) is 12.2. The van der Waals surface area contributed by atoms with Crippen LogP contribution >= 0.6 is 0 Å². The first-order valence-corrected chi connectivity index (χ1v) is 8.29. The van der Waals surface area contributed by atoms with E-state index < -0.39 is 9.84 Å². The Morgan fingerprint density at radius 2 is 2.00 bits per heavy atom. The van der Waals surface area contributed by atoms with Gasteiger partial charge in [0.15, 0.2) is 9.84 Å². The van der Waals surface area contributed by atoms with Gasteiger partial charge >= 0.3 is 0 Å². The lowest BCUT2D eigenvalue weighted by Gasteiger charge is -2.18.